The van der Waals surface area contributed by atoms with E-state index in [0.717, 1.165) is 30.8 Å². The molecule has 1 aliphatic heterocycles. The predicted octanol–water partition coefficient (Wildman–Crippen LogP) is 0.725. The second-order valence-electron chi connectivity index (χ2n) is 4.94. The van der Waals surface area contributed by atoms with Crippen LogP contribution in [0.5, 0.6) is 0 Å². The van der Waals surface area contributed by atoms with E-state index in [2.05, 4.69) is 10.4 Å². The van der Waals surface area contributed by atoms with Gasteiger partial charge in [0.05, 0.1) is 11.1 Å². The van der Waals surface area contributed by atoms with Crippen molar-refractivity contribution in [1.29, 1.82) is 0 Å². The normalized spacial score (nSPS) is 24.8. The first-order valence-corrected chi connectivity index (χ1v) is 5.97. The topological polar surface area (TPSA) is 67.2 Å². The summed E-state index contributed by atoms with van der Waals surface area (Å²) in [5, 5.41) is 16.9. The van der Waals surface area contributed by atoms with E-state index >= 15 is 0 Å². The highest BCUT2D eigenvalue weighted by Gasteiger charge is 2.40. The molecule has 1 unspecified atom stereocenters. The number of hydrogen-bond donors (Lipinski definition) is 2. The van der Waals surface area contributed by atoms with Crippen molar-refractivity contribution in [2.75, 3.05) is 13.1 Å². The molecular formula is C12H19N3O2. The Morgan fingerprint density at radius 2 is 2.47 bits per heavy atom. The Morgan fingerprint density at radius 3 is 2.94 bits per heavy atom. The number of nitrogens with one attached hydrogen (secondary N) is 1. The molecule has 2 heterocycles. The van der Waals surface area contributed by atoms with Crippen molar-refractivity contribution >= 4 is 5.97 Å². The molecule has 1 aromatic heterocycles. The Balaban J connectivity index is 2.23. The standard InChI is InChI=1S/C12H19N3O2/c1-9-6-10(15(2)14-9)7-12(11(16)17)4-3-5-13-8-12/h6,13H,3-5,7-8H2,1-2H3,(H,16,17). The lowest BCUT2D eigenvalue weighted by molar-refractivity contribution is -0.150. The zero-order valence-electron chi connectivity index (χ0n) is 10.4. The zero-order valence-corrected chi connectivity index (χ0v) is 10.4. The summed E-state index contributed by atoms with van der Waals surface area (Å²) in [4.78, 5) is 11.5. The number of hydrogen-bond acceptors (Lipinski definition) is 3. The molecule has 1 saturated heterocycles. The van der Waals surface area contributed by atoms with Crippen LogP contribution in [0.3, 0.4) is 0 Å². The van der Waals surface area contributed by atoms with Gasteiger partial charge >= 0.3 is 5.97 Å². The van der Waals surface area contributed by atoms with Gasteiger partial charge in [0, 0.05) is 25.7 Å². The minimum absolute atomic E-state index is 0.548. The Kier molecular flexibility index (Phi) is 3.19. The van der Waals surface area contributed by atoms with Crippen LogP contribution < -0.4 is 5.32 Å². The van der Waals surface area contributed by atoms with Crippen LogP contribution in [0.25, 0.3) is 0 Å². The predicted molar refractivity (Wildman–Crippen MR) is 63.8 cm³/mol. The van der Waals surface area contributed by atoms with E-state index in [0.29, 0.717) is 13.0 Å². The molecule has 1 aliphatic rings. The molecule has 0 spiro atoms. The van der Waals surface area contributed by atoms with Crippen molar-refractivity contribution in [3.63, 3.8) is 0 Å². The minimum Gasteiger partial charge on any atom is -0.481 e. The fourth-order valence-electron chi connectivity index (χ4n) is 2.55. The second kappa shape index (κ2) is 4.49. The highest BCUT2D eigenvalue weighted by Crippen LogP contribution is 2.31. The quantitative estimate of drug-likeness (QED) is 0.813. The van der Waals surface area contributed by atoms with E-state index in [-0.39, 0.29) is 0 Å². The second-order valence-corrected chi connectivity index (χ2v) is 4.94. The summed E-state index contributed by atoms with van der Waals surface area (Å²) in [6.07, 6.45) is 2.20. The van der Waals surface area contributed by atoms with E-state index in [1.54, 1.807) is 4.68 Å². The Hall–Kier alpha value is -1.36. The fourth-order valence-corrected chi connectivity index (χ4v) is 2.55. The van der Waals surface area contributed by atoms with E-state index in [1.807, 2.05) is 20.0 Å². The van der Waals surface area contributed by atoms with Crippen molar-refractivity contribution in [2.45, 2.75) is 26.2 Å². The van der Waals surface area contributed by atoms with Gasteiger partial charge in [-0.2, -0.15) is 5.10 Å². The molecule has 0 radical (unpaired) electrons. The lowest BCUT2D eigenvalue weighted by Crippen LogP contribution is -2.47. The molecule has 0 aliphatic carbocycles. The highest BCUT2D eigenvalue weighted by molar-refractivity contribution is 5.75. The van der Waals surface area contributed by atoms with Gasteiger partial charge in [-0.15, -0.1) is 0 Å². The summed E-state index contributed by atoms with van der Waals surface area (Å²) in [6.45, 7) is 3.39. The molecule has 0 bridgehead atoms. The molecule has 2 N–H and O–H groups in total. The van der Waals surface area contributed by atoms with Crippen LogP contribution in [0, 0.1) is 12.3 Å². The first-order chi connectivity index (χ1) is 8.03. The van der Waals surface area contributed by atoms with Gasteiger partial charge in [0.1, 0.15) is 0 Å². The molecule has 0 amide bonds. The number of carboxylic acid groups (broad SMARTS) is 1. The van der Waals surface area contributed by atoms with Crippen LogP contribution in [0.15, 0.2) is 6.07 Å². The van der Waals surface area contributed by atoms with Gasteiger partial charge < -0.3 is 10.4 Å². The number of piperidine rings is 1. The molecule has 0 aromatic carbocycles. The van der Waals surface area contributed by atoms with Gasteiger partial charge in [0.2, 0.25) is 0 Å². The average molecular weight is 237 g/mol. The molecular weight excluding hydrogens is 218 g/mol. The number of carboxylic acids is 1. The van der Waals surface area contributed by atoms with Crippen LogP contribution in [-0.4, -0.2) is 33.9 Å². The maximum atomic E-state index is 11.5. The number of rotatable bonds is 3. The maximum Gasteiger partial charge on any atom is 0.311 e. The van der Waals surface area contributed by atoms with E-state index < -0.39 is 11.4 Å². The SMILES string of the molecule is Cc1cc(CC2(C(=O)O)CCCNC2)n(C)n1. The van der Waals surface area contributed by atoms with Gasteiger partial charge in [-0.05, 0) is 32.4 Å². The number of aromatic nitrogens is 2. The van der Waals surface area contributed by atoms with Gasteiger partial charge in [0.25, 0.3) is 0 Å². The molecule has 2 rings (SSSR count). The van der Waals surface area contributed by atoms with Crippen molar-refractivity contribution in [3.05, 3.63) is 17.5 Å². The van der Waals surface area contributed by atoms with E-state index in [4.69, 9.17) is 0 Å². The monoisotopic (exact) mass is 237 g/mol. The van der Waals surface area contributed by atoms with Crippen molar-refractivity contribution < 1.29 is 9.90 Å². The minimum atomic E-state index is -0.705. The molecule has 1 atom stereocenters. The van der Waals surface area contributed by atoms with Gasteiger partial charge in [-0.1, -0.05) is 0 Å². The number of carbonyl (C=O) groups is 1. The Morgan fingerprint density at radius 1 is 1.71 bits per heavy atom. The van der Waals surface area contributed by atoms with E-state index in [1.165, 1.54) is 0 Å². The van der Waals surface area contributed by atoms with Crippen LogP contribution in [0.2, 0.25) is 0 Å². The van der Waals surface area contributed by atoms with Crippen molar-refractivity contribution in [2.24, 2.45) is 12.5 Å². The van der Waals surface area contributed by atoms with Crippen molar-refractivity contribution in [1.82, 2.24) is 15.1 Å². The Bertz CT molecular complexity index is 419. The number of aliphatic carboxylic acids is 1. The molecule has 0 saturated carbocycles. The smallest absolute Gasteiger partial charge is 0.311 e. The molecule has 1 aromatic rings. The molecule has 1 fully saturated rings. The lowest BCUT2D eigenvalue weighted by Gasteiger charge is -2.33. The third-order valence-corrected chi connectivity index (χ3v) is 3.54. The van der Waals surface area contributed by atoms with Crippen LogP contribution in [-0.2, 0) is 18.3 Å². The summed E-state index contributed by atoms with van der Waals surface area (Å²) in [7, 11) is 1.87. The van der Waals surface area contributed by atoms with Crippen LogP contribution >= 0.6 is 0 Å². The largest absolute Gasteiger partial charge is 0.481 e. The molecule has 94 valence electrons. The summed E-state index contributed by atoms with van der Waals surface area (Å²) in [5.41, 5.74) is 1.26. The van der Waals surface area contributed by atoms with E-state index in [9.17, 15) is 9.90 Å². The Labute approximate surface area is 101 Å². The molecule has 5 nitrogen and oxygen atoms in total. The highest BCUT2D eigenvalue weighted by atomic mass is 16.4. The van der Waals surface area contributed by atoms with Gasteiger partial charge in [-0.25, -0.2) is 0 Å². The number of nitrogens with zero attached hydrogens (tertiary/aromatic N) is 2. The fraction of sp³-hybridized carbons (Fsp3) is 0.667. The average Bonchev–Trinajstić information content (AvgIpc) is 2.58. The first kappa shape index (κ1) is 12.1. The van der Waals surface area contributed by atoms with Gasteiger partial charge in [-0.3, -0.25) is 9.48 Å². The zero-order chi connectivity index (χ0) is 12.5. The third-order valence-electron chi connectivity index (χ3n) is 3.54. The van der Waals surface area contributed by atoms with Gasteiger partial charge in [0.15, 0.2) is 0 Å². The summed E-state index contributed by atoms with van der Waals surface area (Å²) < 4.78 is 1.79. The maximum absolute atomic E-state index is 11.5. The van der Waals surface area contributed by atoms with Crippen molar-refractivity contribution in [3.8, 4) is 0 Å². The summed E-state index contributed by atoms with van der Waals surface area (Å²) >= 11 is 0. The first-order valence-electron chi connectivity index (χ1n) is 5.97. The lowest BCUT2D eigenvalue weighted by atomic mass is 9.77. The molecule has 5 heteroatoms. The van der Waals surface area contributed by atoms with Crippen LogP contribution in [0.4, 0.5) is 0 Å². The van der Waals surface area contributed by atoms with Crippen LogP contribution in [0.1, 0.15) is 24.2 Å². The third kappa shape index (κ3) is 2.34. The summed E-state index contributed by atoms with van der Waals surface area (Å²) in [6, 6.07) is 1.97. The summed E-state index contributed by atoms with van der Waals surface area (Å²) in [5.74, 6) is -0.705. The molecule has 17 heavy (non-hydrogen) atoms. The number of aryl methyl sites for hydroxylation is 2.